The van der Waals surface area contributed by atoms with E-state index in [1.54, 1.807) is 0 Å². The average molecular weight is 333 g/mol. The minimum atomic E-state index is -0.300. The monoisotopic (exact) mass is 332 g/mol. The minimum Gasteiger partial charge on any atom is -0.392 e. The molecule has 1 heterocycles. The molecule has 3 N–H and O–H groups in total. The van der Waals surface area contributed by atoms with E-state index in [0.29, 0.717) is 6.54 Å². The van der Waals surface area contributed by atoms with Crippen molar-refractivity contribution < 1.29 is 9.90 Å². The van der Waals surface area contributed by atoms with Crippen LogP contribution in [0.2, 0.25) is 0 Å². The molecule has 1 aliphatic heterocycles. The van der Waals surface area contributed by atoms with Crippen LogP contribution in [0.1, 0.15) is 28.3 Å². The van der Waals surface area contributed by atoms with Gasteiger partial charge in [0.15, 0.2) is 0 Å². The molecule has 1 aliphatic rings. The van der Waals surface area contributed by atoms with E-state index in [0.717, 1.165) is 29.7 Å². The Morgan fingerprint density at radius 1 is 1.13 bits per heavy atom. The molecule has 23 heavy (non-hydrogen) atoms. The van der Waals surface area contributed by atoms with Crippen molar-refractivity contribution in [1.29, 1.82) is 0 Å². The first-order valence-electron chi connectivity index (χ1n) is 7.56. The van der Waals surface area contributed by atoms with Crippen LogP contribution in [-0.4, -0.2) is 17.6 Å². The van der Waals surface area contributed by atoms with E-state index in [1.165, 1.54) is 5.56 Å². The van der Waals surface area contributed by atoms with Crippen LogP contribution < -0.4 is 10.6 Å². The Morgan fingerprint density at radius 2 is 1.83 bits per heavy atom. The summed E-state index contributed by atoms with van der Waals surface area (Å²) in [5.41, 5.74) is 4.08. The van der Waals surface area contributed by atoms with Crippen LogP contribution in [0.5, 0.6) is 0 Å². The zero-order chi connectivity index (χ0) is 15.4. The zero-order valence-corrected chi connectivity index (χ0v) is 13.6. The molecule has 0 fully saturated rings. The molecule has 5 heteroatoms. The standard InChI is InChI=1S/C18H20N2O2.ClH/c21-12-15-7-2-1-6-14(15)11-20-18(22)17-16-8-4-3-5-13(16)9-10-19-17;/h1-8,17,19,21H,9-12H2,(H,20,22);1H. The summed E-state index contributed by atoms with van der Waals surface area (Å²) in [4.78, 5) is 12.5. The molecule has 0 spiro atoms. The number of hydrogen-bond acceptors (Lipinski definition) is 3. The number of halogens is 1. The van der Waals surface area contributed by atoms with Crippen LogP contribution >= 0.6 is 12.4 Å². The van der Waals surface area contributed by atoms with Gasteiger partial charge in [-0.1, -0.05) is 48.5 Å². The second kappa shape index (κ2) is 8.11. The number of carbonyl (C=O) groups is 1. The smallest absolute Gasteiger partial charge is 0.242 e. The fourth-order valence-corrected chi connectivity index (χ4v) is 2.91. The third-order valence-electron chi connectivity index (χ3n) is 4.11. The van der Waals surface area contributed by atoms with E-state index in [9.17, 15) is 9.90 Å². The lowest BCUT2D eigenvalue weighted by atomic mass is 9.94. The average Bonchev–Trinajstić information content (AvgIpc) is 2.59. The number of carbonyl (C=O) groups excluding carboxylic acids is 1. The highest BCUT2D eigenvalue weighted by Gasteiger charge is 2.25. The molecular formula is C18H21ClN2O2. The molecule has 0 radical (unpaired) electrons. The first-order chi connectivity index (χ1) is 10.8. The summed E-state index contributed by atoms with van der Waals surface area (Å²) in [6, 6.07) is 15.4. The van der Waals surface area contributed by atoms with E-state index in [1.807, 2.05) is 42.5 Å². The van der Waals surface area contributed by atoms with Gasteiger partial charge in [0.05, 0.1) is 6.61 Å². The second-order valence-corrected chi connectivity index (χ2v) is 5.48. The molecular weight excluding hydrogens is 312 g/mol. The Kier molecular flexibility index (Phi) is 6.16. The maximum Gasteiger partial charge on any atom is 0.242 e. The molecule has 3 rings (SSSR count). The van der Waals surface area contributed by atoms with Gasteiger partial charge in [-0.25, -0.2) is 0 Å². The van der Waals surface area contributed by atoms with E-state index < -0.39 is 0 Å². The molecule has 1 unspecified atom stereocenters. The highest BCUT2D eigenvalue weighted by atomic mass is 35.5. The minimum absolute atomic E-state index is 0. The molecule has 4 nitrogen and oxygen atoms in total. The van der Waals surface area contributed by atoms with Crippen molar-refractivity contribution >= 4 is 18.3 Å². The molecule has 2 aromatic carbocycles. The highest BCUT2D eigenvalue weighted by Crippen LogP contribution is 2.22. The van der Waals surface area contributed by atoms with Gasteiger partial charge in [0.1, 0.15) is 6.04 Å². The third kappa shape index (κ3) is 3.91. The molecule has 0 saturated heterocycles. The summed E-state index contributed by atoms with van der Waals surface area (Å²) in [5, 5.41) is 15.6. The Bertz CT molecular complexity index is 676. The zero-order valence-electron chi connectivity index (χ0n) is 12.8. The largest absolute Gasteiger partial charge is 0.392 e. The van der Waals surface area contributed by atoms with Crippen LogP contribution in [0.15, 0.2) is 48.5 Å². The molecule has 1 amide bonds. The normalized spacial score (nSPS) is 16.1. The van der Waals surface area contributed by atoms with E-state index in [2.05, 4.69) is 16.7 Å². The molecule has 0 bridgehead atoms. The van der Waals surface area contributed by atoms with Crippen LogP contribution in [0, 0.1) is 0 Å². The van der Waals surface area contributed by atoms with E-state index in [4.69, 9.17) is 0 Å². The van der Waals surface area contributed by atoms with Crippen molar-refractivity contribution in [2.75, 3.05) is 6.54 Å². The SMILES string of the molecule is Cl.O=C(NCc1ccccc1CO)C1NCCc2ccccc21. The van der Waals surface area contributed by atoms with Gasteiger partial charge < -0.3 is 15.7 Å². The van der Waals surface area contributed by atoms with Gasteiger partial charge in [-0.3, -0.25) is 4.79 Å². The van der Waals surface area contributed by atoms with E-state index >= 15 is 0 Å². The van der Waals surface area contributed by atoms with Crippen molar-refractivity contribution in [1.82, 2.24) is 10.6 Å². The number of aliphatic hydroxyl groups is 1. The highest BCUT2D eigenvalue weighted by molar-refractivity contribution is 5.85. The number of aliphatic hydroxyl groups excluding tert-OH is 1. The quantitative estimate of drug-likeness (QED) is 0.803. The van der Waals surface area contributed by atoms with Gasteiger partial charge >= 0.3 is 0 Å². The predicted octanol–water partition coefficient (Wildman–Crippen LogP) is 2.10. The first kappa shape index (κ1) is 17.5. The molecule has 0 aromatic heterocycles. The van der Waals surface area contributed by atoms with Crippen LogP contribution in [-0.2, 0) is 24.4 Å². The van der Waals surface area contributed by atoms with Gasteiger partial charge in [-0.15, -0.1) is 12.4 Å². The Morgan fingerprint density at radius 3 is 2.61 bits per heavy atom. The Hall–Kier alpha value is -1.88. The predicted molar refractivity (Wildman–Crippen MR) is 92.3 cm³/mol. The molecule has 0 saturated carbocycles. The summed E-state index contributed by atoms with van der Waals surface area (Å²) in [6.45, 7) is 1.22. The van der Waals surface area contributed by atoms with Crippen molar-refractivity contribution in [2.45, 2.75) is 25.6 Å². The molecule has 122 valence electrons. The van der Waals surface area contributed by atoms with Crippen molar-refractivity contribution in [3.8, 4) is 0 Å². The van der Waals surface area contributed by atoms with Gasteiger partial charge in [0.25, 0.3) is 0 Å². The second-order valence-electron chi connectivity index (χ2n) is 5.48. The lowest BCUT2D eigenvalue weighted by Gasteiger charge is -2.26. The number of benzene rings is 2. The first-order valence-corrected chi connectivity index (χ1v) is 7.56. The summed E-state index contributed by atoms with van der Waals surface area (Å²) < 4.78 is 0. The molecule has 0 aliphatic carbocycles. The van der Waals surface area contributed by atoms with Crippen molar-refractivity contribution in [2.24, 2.45) is 0 Å². The number of rotatable bonds is 4. The maximum atomic E-state index is 12.5. The fourth-order valence-electron chi connectivity index (χ4n) is 2.91. The van der Waals surface area contributed by atoms with Crippen LogP contribution in [0.4, 0.5) is 0 Å². The number of nitrogens with one attached hydrogen (secondary N) is 2. The maximum absolute atomic E-state index is 12.5. The van der Waals surface area contributed by atoms with Gasteiger partial charge in [0, 0.05) is 13.1 Å². The molecule has 1 atom stereocenters. The van der Waals surface area contributed by atoms with Crippen molar-refractivity contribution in [3.63, 3.8) is 0 Å². The van der Waals surface area contributed by atoms with Gasteiger partial charge in [-0.05, 0) is 28.7 Å². The number of amides is 1. The van der Waals surface area contributed by atoms with Gasteiger partial charge in [-0.2, -0.15) is 0 Å². The van der Waals surface area contributed by atoms with Crippen molar-refractivity contribution in [3.05, 3.63) is 70.8 Å². The fraction of sp³-hybridized carbons (Fsp3) is 0.278. The lowest BCUT2D eigenvalue weighted by Crippen LogP contribution is -2.41. The third-order valence-corrected chi connectivity index (χ3v) is 4.11. The Balaban J connectivity index is 0.00000192. The summed E-state index contributed by atoms with van der Waals surface area (Å²) in [7, 11) is 0. The van der Waals surface area contributed by atoms with Gasteiger partial charge in [0.2, 0.25) is 5.91 Å². The lowest BCUT2D eigenvalue weighted by molar-refractivity contribution is -0.123. The summed E-state index contributed by atoms with van der Waals surface area (Å²) in [6.07, 6.45) is 0.952. The number of hydrogen-bond donors (Lipinski definition) is 3. The van der Waals surface area contributed by atoms with Crippen LogP contribution in [0.3, 0.4) is 0 Å². The number of fused-ring (bicyclic) bond motifs is 1. The summed E-state index contributed by atoms with van der Waals surface area (Å²) in [5.74, 6) is -0.0279. The van der Waals surface area contributed by atoms with E-state index in [-0.39, 0.29) is 31.0 Å². The molecule has 2 aromatic rings. The van der Waals surface area contributed by atoms with Crippen LogP contribution in [0.25, 0.3) is 0 Å². The topological polar surface area (TPSA) is 61.4 Å². The Labute approximate surface area is 142 Å². The summed E-state index contributed by atoms with van der Waals surface area (Å²) >= 11 is 0.